The summed E-state index contributed by atoms with van der Waals surface area (Å²) in [5, 5.41) is 20.1. The van der Waals surface area contributed by atoms with Gasteiger partial charge in [0, 0.05) is 11.9 Å². The van der Waals surface area contributed by atoms with Crippen molar-refractivity contribution in [3.05, 3.63) is 0 Å². The Morgan fingerprint density at radius 2 is 0.938 bits per heavy atom. The van der Waals surface area contributed by atoms with Crippen LogP contribution in [0.3, 0.4) is 0 Å². The van der Waals surface area contributed by atoms with Crippen molar-refractivity contribution in [1.82, 2.24) is 0 Å². The van der Waals surface area contributed by atoms with E-state index in [2.05, 4.69) is 0 Å². The first-order chi connectivity index (χ1) is 6.63. The molecule has 0 aromatic rings. The van der Waals surface area contributed by atoms with E-state index >= 15 is 0 Å². The maximum Gasteiger partial charge on any atom is 2.00 e. The zero-order valence-electron chi connectivity index (χ0n) is 9.50. The van der Waals surface area contributed by atoms with Gasteiger partial charge in [-0.05, 0) is 25.7 Å². The van der Waals surface area contributed by atoms with Crippen molar-refractivity contribution in [2.24, 2.45) is 0 Å². The number of carbonyl (C=O) groups is 2. The van der Waals surface area contributed by atoms with Crippen molar-refractivity contribution in [3.8, 4) is 0 Å². The minimum Gasteiger partial charge on any atom is -0.550 e. The fourth-order valence-electron chi connectivity index (χ4n) is 1.25. The van der Waals surface area contributed by atoms with E-state index in [0.717, 1.165) is 25.7 Å². The molecule has 90 valence electrons. The van der Waals surface area contributed by atoms with Crippen LogP contribution in [0.5, 0.6) is 0 Å². The molecule has 5 nitrogen and oxygen atoms in total. The summed E-state index contributed by atoms with van der Waals surface area (Å²) in [4.78, 5) is 20.1. The molecule has 0 spiro atoms. The van der Waals surface area contributed by atoms with Gasteiger partial charge >= 0.3 is 19.5 Å². The maximum atomic E-state index is 10.0. The molecule has 0 aromatic heterocycles. The third-order valence-corrected chi connectivity index (χ3v) is 2.01. The van der Waals surface area contributed by atoms with Gasteiger partial charge in [0.05, 0.1) is 0 Å². The molecule has 6 heteroatoms. The predicted octanol–water partition coefficient (Wildman–Crippen LogP) is -1.22. The number of carboxylic acid groups (broad SMARTS) is 2. The first-order valence-corrected chi connectivity index (χ1v) is 5.02. The van der Waals surface area contributed by atoms with Crippen LogP contribution in [0.1, 0.15) is 51.4 Å². The first-order valence-electron chi connectivity index (χ1n) is 5.02. The molecule has 0 amide bonds. The van der Waals surface area contributed by atoms with E-state index < -0.39 is 11.9 Å². The normalized spacial score (nSPS) is 8.75. The van der Waals surface area contributed by atoms with Crippen molar-refractivity contribution in [2.75, 3.05) is 0 Å². The number of carboxylic acids is 2. The molecule has 0 radical (unpaired) electrons. The fourth-order valence-corrected chi connectivity index (χ4v) is 1.25. The van der Waals surface area contributed by atoms with Gasteiger partial charge in [-0.2, -0.15) is 0 Å². The first kappa shape index (κ1) is 20.9. The van der Waals surface area contributed by atoms with Crippen LogP contribution in [0.4, 0.5) is 0 Å². The van der Waals surface area contributed by atoms with E-state index in [0.29, 0.717) is 12.8 Å². The zero-order valence-corrected chi connectivity index (χ0v) is 12.5. The van der Waals surface area contributed by atoms with Gasteiger partial charge in [0.1, 0.15) is 0 Å². The number of aliphatic carboxylic acids is 2. The Bertz CT molecular complexity index is 164. The second-order valence-electron chi connectivity index (χ2n) is 3.37. The van der Waals surface area contributed by atoms with Crippen LogP contribution in [-0.4, -0.2) is 17.4 Å². The molecule has 0 fully saturated rings. The van der Waals surface area contributed by atoms with E-state index in [1.165, 1.54) is 0 Å². The van der Waals surface area contributed by atoms with Gasteiger partial charge in [0.2, 0.25) is 0 Å². The Kier molecular flexibility index (Phi) is 19.0. The largest absolute Gasteiger partial charge is 2.00 e. The van der Waals surface area contributed by atoms with Crippen LogP contribution in [-0.2, 0) is 29.1 Å². The van der Waals surface area contributed by atoms with Crippen molar-refractivity contribution >= 4 is 11.9 Å². The Balaban J connectivity index is -0.000000845. The SMILES string of the molecule is O.O=C([O-])CCCCCCCCC(=O)[O-].[Zn+2]. The van der Waals surface area contributed by atoms with Crippen LogP contribution < -0.4 is 10.2 Å². The molecular formula is C10H18O5Zn. The molecule has 0 saturated carbocycles. The van der Waals surface area contributed by atoms with Crippen LogP contribution in [0, 0.1) is 0 Å². The molecular weight excluding hydrogens is 265 g/mol. The number of unbranched alkanes of at least 4 members (excludes halogenated alkanes) is 5. The fraction of sp³-hybridized carbons (Fsp3) is 0.800. The summed E-state index contributed by atoms with van der Waals surface area (Å²) in [6, 6.07) is 0. The van der Waals surface area contributed by atoms with Gasteiger partial charge in [0.15, 0.2) is 0 Å². The third-order valence-electron chi connectivity index (χ3n) is 2.01. The summed E-state index contributed by atoms with van der Waals surface area (Å²) in [5.41, 5.74) is 0. The minimum absolute atomic E-state index is 0. The molecule has 0 saturated heterocycles. The van der Waals surface area contributed by atoms with E-state index in [4.69, 9.17) is 0 Å². The van der Waals surface area contributed by atoms with Crippen LogP contribution in [0.15, 0.2) is 0 Å². The maximum absolute atomic E-state index is 10.0. The second kappa shape index (κ2) is 14.5. The van der Waals surface area contributed by atoms with Gasteiger partial charge in [-0.25, -0.2) is 0 Å². The van der Waals surface area contributed by atoms with Gasteiger partial charge < -0.3 is 25.3 Å². The van der Waals surface area contributed by atoms with Gasteiger partial charge in [-0.3, -0.25) is 0 Å². The number of hydrogen-bond acceptors (Lipinski definition) is 4. The smallest absolute Gasteiger partial charge is 0.550 e. The Labute approximate surface area is 108 Å². The van der Waals surface area contributed by atoms with Gasteiger partial charge in [-0.15, -0.1) is 0 Å². The molecule has 0 aliphatic heterocycles. The number of carbonyl (C=O) groups excluding carboxylic acids is 2. The topological polar surface area (TPSA) is 112 Å². The monoisotopic (exact) mass is 282 g/mol. The summed E-state index contributed by atoms with van der Waals surface area (Å²) in [6.07, 6.45) is 5.23. The predicted molar refractivity (Wildman–Crippen MR) is 50.6 cm³/mol. The Morgan fingerprint density at radius 1 is 0.688 bits per heavy atom. The quantitative estimate of drug-likeness (QED) is 0.390. The van der Waals surface area contributed by atoms with Crippen LogP contribution in [0.2, 0.25) is 0 Å². The van der Waals surface area contributed by atoms with Crippen molar-refractivity contribution < 1.29 is 44.8 Å². The van der Waals surface area contributed by atoms with E-state index in [9.17, 15) is 19.8 Å². The van der Waals surface area contributed by atoms with E-state index in [1.807, 2.05) is 0 Å². The minimum atomic E-state index is -0.998. The summed E-state index contributed by atoms with van der Waals surface area (Å²) in [5.74, 6) is -2.00. The Hall–Kier alpha value is -0.477. The molecule has 0 bridgehead atoms. The summed E-state index contributed by atoms with van der Waals surface area (Å²) in [6.45, 7) is 0. The standard InChI is InChI=1S/C10H18O4.H2O.Zn/c11-9(12)7-5-3-1-2-4-6-8-10(13)14;;/h1-8H2,(H,11,12)(H,13,14);1H2;/q;;+2/p-2. The summed E-state index contributed by atoms with van der Waals surface area (Å²) < 4.78 is 0. The molecule has 0 aliphatic rings. The number of hydrogen-bond donors (Lipinski definition) is 0. The second-order valence-corrected chi connectivity index (χ2v) is 3.37. The van der Waals surface area contributed by atoms with Crippen LogP contribution in [0.25, 0.3) is 0 Å². The molecule has 0 unspecified atom stereocenters. The Morgan fingerprint density at radius 3 is 1.19 bits per heavy atom. The number of rotatable bonds is 9. The molecule has 0 aliphatic carbocycles. The molecule has 0 atom stereocenters. The molecule has 0 heterocycles. The molecule has 0 aromatic carbocycles. The van der Waals surface area contributed by atoms with Gasteiger partial charge in [-0.1, -0.05) is 25.7 Å². The van der Waals surface area contributed by atoms with Crippen LogP contribution >= 0.6 is 0 Å². The van der Waals surface area contributed by atoms with Crippen molar-refractivity contribution in [3.63, 3.8) is 0 Å². The van der Waals surface area contributed by atoms with Gasteiger partial charge in [0.25, 0.3) is 0 Å². The zero-order chi connectivity index (χ0) is 10.8. The average molecular weight is 284 g/mol. The van der Waals surface area contributed by atoms with E-state index in [1.54, 1.807) is 0 Å². The van der Waals surface area contributed by atoms with E-state index in [-0.39, 0.29) is 37.8 Å². The summed E-state index contributed by atoms with van der Waals surface area (Å²) in [7, 11) is 0. The molecule has 2 N–H and O–H groups in total. The molecule has 0 rings (SSSR count). The van der Waals surface area contributed by atoms with Crippen molar-refractivity contribution in [2.45, 2.75) is 51.4 Å². The molecule has 16 heavy (non-hydrogen) atoms. The summed E-state index contributed by atoms with van der Waals surface area (Å²) >= 11 is 0. The van der Waals surface area contributed by atoms with Crippen molar-refractivity contribution in [1.29, 1.82) is 0 Å². The average Bonchev–Trinajstić information content (AvgIpc) is 2.08. The third kappa shape index (κ3) is 19.2.